The Hall–Kier alpha value is -2.74. The minimum Gasteiger partial charge on any atom is -0.468 e. The third-order valence-electron chi connectivity index (χ3n) is 5.36. The topological polar surface area (TPSA) is 93.2 Å². The Morgan fingerprint density at radius 1 is 0.893 bits per heavy atom. The fraction of sp³-hybridized carbons (Fsp3) is 0.500. The SMILES string of the molecule is COC(=O)[C@@H](C[C@@H](C(=O)OC)N1C(=O)c2ccccc2C1=O)N1CCCCC1. The van der Waals surface area contributed by atoms with Crippen molar-refractivity contribution < 1.29 is 28.7 Å². The molecule has 0 N–H and O–H groups in total. The van der Waals surface area contributed by atoms with Crippen molar-refractivity contribution in [3.63, 3.8) is 0 Å². The number of methoxy groups -OCH3 is 2. The molecule has 8 nitrogen and oxygen atoms in total. The highest BCUT2D eigenvalue weighted by molar-refractivity contribution is 6.22. The van der Waals surface area contributed by atoms with Crippen LogP contribution in [0.1, 0.15) is 46.4 Å². The Morgan fingerprint density at radius 2 is 1.39 bits per heavy atom. The van der Waals surface area contributed by atoms with E-state index in [0.29, 0.717) is 13.1 Å². The lowest BCUT2D eigenvalue weighted by atomic mass is 10.0. The van der Waals surface area contributed by atoms with Gasteiger partial charge in [0.15, 0.2) is 0 Å². The predicted molar refractivity (Wildman–Crippen MR) is 98.6 cm³/mol. The van der Waals surface area contributed by atoms with Crippen molar-refractivity contribution in [1.29, 1.82) is 0 Å². The number of amides is 2. The molecule has 1 saturated heterocycles. The van der Waals surface area contributed by atoms with Crippen LogP contribution in [0.25, 0.3) is 0 Å². The molecule has 3 rings (SSSR count). The van der Waals surface area contributed by atoms with Gasteiger partial charge in [-0.25, -0.2) is 4.79 Å². The number of nitrogens with zero attached hydrogens (tertiary/aromatic N) is 2. The minimum atomic E-state index is -1.21. The normalized spacial score (nSPS) is 19.1. The molecule has 2 atom stereocenters. The second-order valence-corrected chi connectivity index (χ2v) is 6.94. The summed E-state index contributed by atoms with van der Waals surface area (Å²) < 4.78 is 9.80. The molecule has 150 valence electrons. The smallest absolute Gasteiger partial charge is 0.329 e. The van der Waals surface area contributed by atoms with Crippen LogP contribution in [0.15, 0.2) is 24.3 Å². The van der Waals surface area contributed by atoms with Crippen LogP contribution < -0.4 is 0 Å². The van der Waals surface area contributed by atoms with E-state index in [1.165, 1.54) is 14.2 Å². The number of carbonyl (C=O) groups is 4. The maximum absolute atomic E-state index is 12.8. The Labute approximate surface area is 163 Å². The number of benzene rings is 1. The number of ether oxygens (including phenoxy) is 2. The molecule has 1 aromatic rings. The molecule has 0 bridgehead atoms. The average molecular weight is 388 g/mol. The molecule has 0 saturated carbocycles. The first-order valence-corrected chi connectivity index (χ1v) is 9.36. The van der Waals surface area contributed by atoms with Gasteiger partial charge in [-0.3, -0.25) is 24.2 Å². The summed E-state index contributed by atoms with van der Waals surface area (Å²) >= 11 is 0. The Balaban J connectivity index is 1.91. The van der Waals surface area contributed by atoms with Crippen molar-refractivity contribution in [3.8, 4) is 0 Å². The summed E-state index contributed by atoms with van der Waals surface area (Å²) in [7, 11) is 2.48. The first kappa shape index (κ1) is 20.0. The third kappa shape index (κ3) is 3.64. The molecule has 0 aromatic heterocycles. The van der Waals surface area contributed by atoms with Gasteiger partial charge in [0, 0.05) is 6.42 Å². The van der Waals surface area contributed by atoms with Crippen molar-refractivity contribution in [2.24, 2.45) is 0 Å². The van der Waals surface area contributed by atoms with Crippen LogP contribution in [0.3, 0.4) is 0 Å². The highest BCUT2D eigenvalue weighted by Crippen LogP contribution is 2.28. The van der Waals surface area contributed by atoms with E-state index in [2.05, 4.69) is 0 Å². The fourth-order valence-electron chi connectivity index (χ4n) is 3.91. The molecule has 2 aliphatic rings. The molecule has 1 fully saturated rings. The monoisotopic (exact) mass is 388 g/mol. The van der Waals surface area contributed by atoms with Crippen LogP contribution in [-0.4, -0.2) is 72.9 Å². The first-order valence-electron chi connectivity index (χ1n) is 9.36. The van der Waals surface area contributed by atoms with Crippen molar-refractivity contribution in [1.82, 2.24) is 9.80 Å². The standard InChI is InChI=1S/C20H24N2O6/c1-27-19(25)15(21-10-6-3-7-11-21)12-16(20(26)28-2)22-17(23)13-8-4-5-9-14(13)18(22)24/h4-5,8-9,15-16H,3,6-7,10-12H2,1-2H3/t15-,16+/m1/s1. The van der Waals surface area contributed by atoms with Crippen LogP contribution in [0.2, 0.25) is 0 Å². The number of esters is 2. The van der Waals surface area contributed by atoms with E-state index in [1.807, 2.05) is 4.90 Å². The van der Waals surface area contributed by atoms with E-state index >= 15 is 0 Å². The van der Waals surface area contributed by atoms with Gasteiger partial charge in [0.2, 0.25) is 0 Å². The molecule has 1 aromatic carbocycles. The van der Waals surface area contributed by atoms with Crippen molar-refractivity contribution in [2.75, 3.05) is 27.3 Å². The molecule has 8 heteroatoms. The molecular formula is C20H24N2O6. The second-order valence-electron chi connectivity index (χ2n) is 6.94. The Kier molecular flexibility index (Phi) is 6.08. The predicted octanol–water partition coefficient (Wildman–Crippen LogP) is 1.24. The van der Waals surface area contributed by atoms with Crippen molar-refractivity contribution in [2.45, 2.75) is 37.8 Å². The summed E-state index contributed by atoms with van der Waals surface area (Å²) in [6.07, 6.45) is 2.88. The number of fused-ring (bicyclic) bond motifs is 1. The highest BCUT2D eigenvalue weighted by atomic mass is 16.5. The zero-order valence-corrected chi connectivity index (χ0v) is 16.1. The second kappa shape index (κ2) is 8.52. The van der Waals surface area contributed by atoms with Gasteiger partial charge in [-0.05, 0) is 38.1 Å². The van der Waals surface area contributed by atoms with E-state index in [9.17, 15) is 19.2 Å². The van der Waals surface area contributed by atoms with E-state index in [-0.39, 0.29) is 17.5 Å². The van der Waals surface area contributed by atoms with Crippen LogP contribution >= 0.6 is 0 Å². The summed E-state index contributed by atoms with van der Waals surface area (Å²) in [6, 6.07) is 4.47. The van der Waals surface area contributed by atoms with Crippen molar-refractivity contribution in [3.05, 3.63) is 35.4 Å². The van der Waals surface area contributed by atoms with E-state index in [1.54, 1.807) is 24.3 Å². The first-order chi connectivity index (χ1) is 13.5. The molecule has 2 aliphatic heterocycles. The molecule has 2 amide bonds. The van der Waals surface area contributed by atoms with E-state index in [4.69, 9.17) is 9.47 Å². The number of hydrogen-bond acceptors (Lipinski definition) is 7. The molecular weight excluding hydrogens is 364 g/mol. The number of hydrogen-bond donors (Lipinski definition) is 0. The van der Waals surface area contributed by atoms with Gasteiger partial charge in [-0.2, -0.15) is 0 Å². The number of rotatable bonds is 6. The Morgan fingerprint density at radius 3 is 1.89 bits per heavy atom. The summed E-state index contributed by atoms with van der Waals surface area (Å²) in [4.78, 5) is 53.5. The number of piperidine rings is 1. The zero-order chi connectivity index (χ0) is 20.3. The zero-order valence-electron chi connectivity index (χ0n) is 16.1. The molecule has 0 spiro atoms. The van der Waals surface area contributed by atoms with Gasteiger partial charge in [0.25, 0.3) is 11.8 Å². The van der Waals surface area contributed by atoms with Crippen LogP contribution in [0.4, 0.5) is 0 Å². The maximum atomic E-state index is 12.8. The van der Waals surface area contributed by atoms with Crippen LogP contribution in [0.5, 0.6) is 0 Å². The number of likely N-dealkylation sites (tertiary alicyclic amines) is 1. The molecule has 28 heavy (non-hydrogen) atoms. The summed E-state index contributed by atoms with van der Waals surface area (Å²) in [5.41, 5.74) is 0.489. The molecule has 0 aliphatic carbocycles. The molecule has 0 radical (unpaired) electrons. The quantitative estimate of drug-likeness (QED) is 0.535. The summed E-state index contributed by atoms with van der Waals surface area (Å²) in [5.74, 6) is -2.34. The van der Waals surface area contributed by atoms with Crippen molar-refractivity contribution >= 4 is 23.8 Å². The average Bonchev–Trinajstić information content (AvgIpc) is 2.99. The third-order valence-corrected chi connectivity index (χ3v) is 5.36. The van der Waals surface area contributed by atoms with Gasteiger partial charge >= 0.3 is 11.9 Å². The minimum absolute atomic E-state index is 0.0647. The van der Waals surface area contributed by atoms with E-state index in [0.717, 1.165) is 24.2 Å². The highest BCUT2D eigenvalue weighted by Gasteiger charge is 2.45. The number of imide groups is 1. The van der Waals surface area contributed by atoms with Crippen LogP contribution in [-0.2, 0) is 19.1 Å². The van der Waals surface area contributed by atoms with Gasteiger partial charge in [0.1, 0.15) is 12.1 Å². The van der Waals surface area contributed by atoms with Gasteiger partial charge < -0.3 is 9.47 Å². The maximum Gasteiger partial charge on any atom is 0.329 e. The lowest BCUT2D eigenvalue weighted by Gasteiger charge is -2.35. The van der Waals surface area contributed by atoms with Gasteiger partial charge in [0.05, 0.1) is 25.3 Å². The largest absolute Gasteiger partial charge is 0.468 e. The lowest BCUT2D eigenvalue weighted by molar-refractivity contribution is -0.151. The lowest BCUT2D eigenvalue weighted by Crippen LogP contribution is -2.53. The number of carbonyl (C=O) groups excluding carboxylic acids is 4. The summed E-state index contributed by atoms with van der Waals surface area (Å²) in [6.45, 7) is 1.38. The van der Waals surface area contributed by atoms with E-state index < -0.39 is 35.8 Å². The van der Waals surface area contributed by atoms with Gasteiger partial charge in [-0.1, -0.05) is 18.6 Å². The summed E-state index contributed by atoms with van der Waals surface area (Å²) in [5, 5.41) is 0. The Bertz CT molecular complexity index is 752. The molecule has 0 unspecified atom stereocenters. The fourth-order valence-corrected chi connectivity index (χ4v) is 3.91. The van der Waals surface area contributed by atoms with Crippen LogP contribution in [0, 0.1) is 0 Å². The van der Waals surface area contributed by atoms with Gasteiger partial charge in [-0.15, -0.1) is 0 Å². The molecule has 2 heterocycles.